The second-order valence-corrected chi connectivity index (χ2v) is 6.51. The molecule has 0 radical (unpaired) electrons. The zero-order valence-corrected chi connectivity index (χ0v) is 16.4. The van der Waals surface area contributed by atoms with Crippen LogP contribution in [-0.2, 0) is 9.47 Å². The maximum absolute atomic E-state index is 12.4. The molecule has 1 aromatic rings. The first-order valence-electron chi connectivity index (χ1n) is 9.70. The molecule has 0 aliphatic carbocycles. The van der Waals surface area contributed by atoms with Crippen LogP contribution in [0, 0.1) is 0 Å². The van der Waals surface area contributed by atoms with E-state index in [1.165, 1.54) is 0 Å². The molecule has 1 heterocycles. The Morgan fingerprint density at radius 2 is 1.75 bits per heavy atom. The summed E-state index contributed by atoms with van der Waals surface area (Å²) >= 11 is 0. The maximum Gasteiger partial charge on any atom is 0.513 e. The van der Waals surface area contributed by atoms with Gasteiger partial charge in [-0.25, -0.2) is 9.59 Å². The van der Waals surface area contributed by atoms with Crippen LogP contribution in [0.3, 0.4) is 0 Å². The van der Waals surface area contributed by atoms with Crippen molar-refractivity contribution < 1.29 is 28.6 Å². The molecule has 154 valence electrons. The molecule has 28 heavy (non-hydrogen) atoms. The Bertz CT molecular complexity index is 653. The molecule has 1 N–H and O–H groups in total. The smallest absolute Gasteiger partial charge is 0.449 e. The summed E-state index contributed by atoms with van der Waals surface area (Å²) in [6.07, 6.45) is 2.14. The zero-order chi connectivity index (χ0) is 20.4. The highest BCUT2D eigenvalue weighted by Gasteiger charge is 2.25. The molecule has 1 aliphatic heterocycles. The van der Waals surface area contributed by atoms with E-state index in [0.29, 0.717) is 43.9 Å². The lowest BCUT2D eigenvalue weighted by Gasteiger charge is -2.31. The Kier molecular flexibility index (Phi) is 8.58. The lowest BCUT2D eigenvalue weighted by molar-refractivity contribution is 0.0836. The monoisotopic (exact) mass is 392 g/mol. The van der Waals surface area contributed by atoms with E-state index in [0.717, 1.165) is 12.8 Å². The number of rotatable bonds is 7. The van der Waals surface area contributed by atoms with E-state index >= 15 is 0 Å². The van der Waals surface area contributed by atoms with Crippen molar-refractivity contribution in [1.82, 2.24) is 10.2 Å². The van der Waals surface area contributed by atoms with Crippen LogP contribution in [0.4, 0.5) is 9.59 Å². The summed E-state index contributed by atoms with van der Waals surface area (Å²) < 4.78 is 14.9. The fraction of sp³-hybridized carbons (Fsp3) is 0.550. The number of nitrogens with zero attached hydrogens (tertiary/aromatic N) is 1. The molecular formula is C20H28N2O6. The Morgan fingerprint density at radius 3 is 2.36 bits per heavy atom. The lowest BCUT2D eigenvalue weighted by Crippen LogP contribution is -2.46. The quantitative estimate of drug-likeness (QED) is 0.434. The number of piperidine rings is 1. The van der Waals surface area contributed by atoms with Crippen molar-refractivity contribution in [1.29, 1.82) is 0 Å². The van der Waals surface area contributed by atoms with Crippen molar-refractivity contribution in [3.05, 3.63) is 29.8 Å². The Morgan fingerprint density at radius 1 is 1.07 bits per heavy atom. The van der Waals surface area contributed by atoms with Crippen LogP contribution in [0.25, 0.3) is 0 Å². The van der Waals surface area contributed by atoms with Gasteiger partial charge in [0, 0.05) is 24.7 Å². The van der Waals surface area contributed by atoms with E-state index in [2.05, 4.69) is 5.32 Å². The van der Waals surface area contributed by atoms with E-state index in [4.69, 9.17) is 14.2 Å². The summed E-state index contributed by atoms with van der Waals surface area (Å²) in [5.41, 5.74) is 0.470. The highest BCUT2D eigenvalue weighted by molar-refractivity contribution is 5.94. The largest absolute Gasteiger partial charge is 0.513 e. The number of nitrogens with one attached hydrogen (secondary N) is 1. The number of likely N-dealkylation sites (tertiary alicyclic amines) is 1. The van der Waals surface area contributed by atoms with Crippen molar-refractivity contribution in [2.24, 2.45) is 0 Å². The molecule has 0 spiro atoms. The average molecular weight is 392 g/mol. The third kappa shape index (κ3) is 6.75. The van der Waals surface area contributed by atoms with E-state index in [9.17, 15) is 14.4 Å². The summed E-state index contributed by atoms with van der Waals surface area (Å²) in [6, 6.07) is 6.26. The number of unbranched alkanes of at least 4 members (excludes halogenated alkanes) is 1. The van der Waals surface area contributed by atoms with Crippen LogP contribution in [0.1, 0.15) is 49.9 Å². The van der Waals surface area contributed by atoms with Crippen LogP contribution in [0.5, 0.6) is 5.75 Å². The van der Waals surface area contributed by atoms with Gasteiger partial charge >= 0.3 is 12.2 Å². The minimum absolute atomic E-state index is 0.00245. The molecule has 0 aromatic heterocycles. The van der Waals surface area contributed by atoms with Gasteiger partial charge in [0.05, 0.1) is 13.2 Å². The molecule has 2 rings (SSSR count). The highest BCUT2D eigenvalue weighted by atomic mass is 16.7. The molecule has 0 bridgehead atoms. The fourth-order valence-corrected chi connectivity index (χ4v) is 2.79. The molecule has 2 amide bonds. The number of carbonyl (C=O) groups is 3. The predicted octanol–water partition coefficient (Wildman–Crippen LogP) is 3.35. The molecule has 0 saturated carbocycles. The second kappa shape index (κ2) is 11.2. The molecular weight excluding hydrogens is 364 g/mol. The SMILES string of the molecule is CCCCOC(=O)N1CCC(NC(=O)c2ccc(OC(=O)OCC)cc2)CC1. The maximum atomic E-state index is 12.4. The standard InChI is InChI=1S/C20H28N2O6/c1-3-5-14-27-19(24)22-12-10-16(11-13-22)21-18(23)15-6-8-17(9-7-15)28-20(25)26-4-2/h6-9,16H,3-5,10-14H2,1-2H3,(H,21,23). The first-order valence-corrected chi connectivity index (χ1v) is 9.70. The summed E-state index contributed by atoms with van der Waals surface area (Å²) in [5.74, 6) is 0.108. The van der Waals surface area contributed by atoms with E-state index < -0.39 is 6.16 Å². The minimum atomic E-state index is -0.778. The summed E-state index contributed by atoms with van der Waals surface area (Å²) in [5, 5.41) is 2.98. The van der Waals surface area contributed by atoms with Gasteiger partial charge in [0.15, 0.2) is 0 Å². The molecule has 0 atom stereocenters. The predicted molar refractivity (Wildman–Crippen MR) is 102 cm³/mol. The number of benzene rings is 1. The van der Waals surface area contributed by atoms with Gasteiger partial charge in [0.1, 0.15) is 5.75 Å². The Hall–Kier alpha value is -2.77. The van der Waals surface area contributed by atoms with Crippen molar-refractivity contribution in [3.8, 4) is 5.75 Å². The molecule has 1 aromatic carbocycles. The van der Waals surface area contributed by atoms with Gasteiger partial charge < -0.3 is 24.4 Å². The van der Waals surface area contributed by atoms with Crippen molar-refractivity contribution in [2.75, 3.05) is 26.3 Å². The number of hydrogen-bond donors (Lipinski definition) is 1. The van der Waals surface area contributed by atoms with Gasteiger partial charge in [-0.1, -0.05) is 13.3 Å². The van der Waals surface area contributed by atoms with Gasteiger partial charge in [-0.2, -0.15) is 0 Å². The van der Waals surface area contributed by atoms with Crippen LogP contribution in [-0.4, -0.2) is 55.4 Å². The number of ether oxygens (including phenoxy) is 3. The third-order valence-electron chi connectivity index (χ3n) is 4.39. The number of amides is 2. The van der Waals surface area contributed by atoms with Crippen molar-refractivity contribution in [3.63, 3.8) is 0 Å². The van der Waals surface area contributed by atoms with Crippen LogP contribution in [0.15, 0.2) is 24.3 Å². The van der Waals surface area contributed by atoms with Crippen molar-refractivity contribution in [2.45, 2.75) is 45.6 Å². The van der Waals surface area contributed by atoms with Gasteiger partial charge in [-0.15, -0.1) is 0 Å². The molecule has 8 heteroatoms. The van der Waals surface area contributed by atoms with E-state index in [-0.39, 0.29) is 24.6 Å². The minimum Gasteiger partial charge on any atom is -0.449 e. The normalized spacial score (nSPS) is 14.3. The molecule has 1 fully saturated rings. The summed E-state index contributed by atoms with van der Waals surface area (Å²) in [4.78, 5) is 37.3. The Labute approximate surface area is 165 Å². The first kappa shape index (κ1) is 21.5. The molecule has 1 saturated heterocycles. The van der Waals surface area contributed by atoms with Gasteiger partial charge in [0.25, 0.3) is 5.91 Å². The highest BCUT2D eigenvalue weighted by Crippen LogP contribution is 2.15. The van der Waals surface area contributed by atoms with Crippen LogP contribution >= 0.6 is 0 Å². The fourth-order valence-electron chi connectivity index (χ4n) is 2.79. The van der Waals surface area contributed by atoms with Crippen LogP contribution < -0.4 is 10.1 Å². The average Bonchev–Trinajstić information content (AvgIpc) is 2.69. The Balaban J connectivity index is 1.76. The number of carbonyl (C=O) groups excluding carboxylic acids is 3. The van der Waals surface area contributed by atoms with Gasteiger partial charge in [-0.05, 0) is 50.5 Å². The lowest BCUT2D eigenvalue weighted by atomic mass is 10.0. The van der Waals surface area contributed by atoms with Crippen molar-refractivity contribution >= 4 is 18.2 Å². The van der Waals surface area contributed by atoms with Gasteiger partial charge in [-0.3, -0.25) is 4.79 Å². The molecule has 0 unspecified atom stereocenters. The van der Waals surface area contributed by atoms with E-state index in [1.54, 1.807) is 36.1 Å². The molecule has 1 aliphatic rings. The molecule has 8 nitrogen and oxygen atoms in total. The zero-order valence-electron chi connectivity index (χ0n) is 16.4. The van der Waals surface area contributed by atoms with E-state index in [1.807, 2.05) is 6.92 Å². The topological polar surface area (TPSA) is 94.2 Å². The van der Waals surface area contributed by atoms with Crippen LogP contribution in [0.2, 0.25) is 0 Å². The summed E-state index contributed by atoms with van der Waals surface area (Å²) in [7, 11) is 0. The second-order valence-electron chi connectivity index (χ2n) is 6.51. The van der Waals surface area contributed by atoms with Gasteiger partial charge in [0.2, 0.25) is 0 Å². The first-order chi connectivity index (χ1) is 13.5. The number of hydrogen-bond acceptors (Lipinski definition) is 6. The summed E-state index contributed by atoms with van der Waals surface area (Å²) in [6.45, 7) is 5.53. The third-order valence-corrected chi connectivity index (χ3v) is 4.39.